The first kappa shape index (κ1) is 15.0. The molecule has 0 saturated heterocycles. The fraction of sp³-hybridized carbons (Fsp3) is 0. The van der Waals surface area contributed by atoms with Crippen LogP contribution in [0, 0.1) is 0 Å². The molecule has 0 atom stereocenters. The number of carboxylic acids is 2. The number of anilines is 2. The highest BCUT2D eigenvalue weighted by molar-refractivity contribution is 5.93. The summed E-state index contributed by atoms with van der Waals surface area (Å²) in [5, 5.41) is 17.0. The van der Waals surface area contributed by atoms with Crippen LogP contribution in [-0.2, 0) is 0 Å². The van der Waals surface area contributed by atoms with E-state index in [1.807, 2.05) is 0 Å². The fourth-order valence-corrected chi connectivity index (χ4v) is 1.38. The van der Waals surface area contributed by atoms with Crippen molar-refractivity contribution in [3.05, 3.63) is 59.7 Å². The Balaban J connectivity index is 0.000000200. The highest BCUT2D eigenvalue weighted by Crippen LogP contribution is 2.09. The van der Waals surface area contributed by atoms with Gasteiger partial charge < -0.3 is 21.7 Å². The standard InChI is InChI=1S/2C7H7NO2/c2*8-6-4-2-1-3-5(6)7(9)10/h2*1-4H,8H2,(H,9,10). The smallest absolute Gasteiger partial charge is 0.337 e. The molecule has 20 heavy (non-hydrogen) atoms. The van der Waals surface area contributed by atoms with Crippen molar-refractivity contribution in [2.24, 2.45) is 0 Å². The summed E-state index contributed by atoms with van der Waals surface area (Å²) in [4.78, 5) is 20.7. The molecule has 0 radical (unpaired) electrons. The summed E-state index contributed by atoms with van der Waals surface area (Å²) in [5.41, 5.74) is 11.6. The normalized spacial score (nSPS) is 9.20. The van der Waals surface area contributed by atoms with Crippen LogP contribution in [-0.4, -0.2) is 22.2 Å². The van der Waals surface area contributed by atoms with E-state index in [9.17, 15) is 9.59 Å². The highest BCUT2D eigenvalue weighted by Gasteiger charge is 2.04. The van der Waals surface area contributed by atoms with E-state index in [1.54, 1.807) is 36.4 Å². The van der Waals surface area contributed by atoms with Crippen LogP contribution >= 0.6 is 0 Å². The van der Waals surface area contributed by atoms with Crippen molar-refractivity contribution in [3.63, 3.8) is 0 Å². The minimum Gasteiger partial charge on any atom is -0.478 e. The monoisotopic (exact) mass is 274 g/mol. The number of hydrogen-bond donors (Lipinski definition) is 4. The summed E-state index contributed by atoms with van der Waals surface area (Å²) in [6.45, 7) is 0. The lowest BCUT2D eigenvalue weighted by molar-refractivity contribution is 0.0687. The maximum atomic E-state index is 10.3. The van der Waals surface area contributed by atoms with E-state index in [0.717, 1.165) is 0 Å². The van der Waals surface area contributed by atoms with Crippen LogP contribution in [0.15, 0.2) is 48.5 Å². The molecule has 0 heterocycles. The third-order valence-corrected chi connectivity index (χ3v) is 2.38. The molecule has 0 bridgehead atoms. The Morgan fingerprint density at radius 2 is 1.00 bits per heavy atom. The topological polar surface area (TPSA) is 127 Å². The minimum atomic E-state index is -0.988. The second kappa shape index (κ2) is 6.79. The van der Waals surface area contributed by atoms with Gasteiger partial charge in [0.1, 0.15) is 0 Å². The molecule has 0 amide bonds. The van der Waals surface area contributed by atoms with E-state index in [4.69, 9.17) is 21.7 Å². The lowest BCUT2D eigenvalue weighted by atomic mass is 10.2. The van der Waals surface area contributed by atoms with Crippen molar-refractivity contribution in [2.45, 2.75) is 0 Å². The van der Waals surface area contributed by atoms with Crippen LogP contribution < -0.4 is 11.5 Å². The van der Waals surface area contributed by atoms with E-state index in [-0.39, 0.29) is 11.1 Å². The van der Waals surface area contributed by atoms with Gasteiger partial charge in [0, 0.05) is 11.4 Å². The Bertz CT molecular complexity index is 571. The molecule has 0 fully saturated rings. The summed E-state index contributed by atoms with van der Waals surface area (Å²) in [7, 11) is 0. The van der Waals surface area contributed by atoms with Crippen molar-refractivity contribution in [1.82, 2.24) is 0 Å². The first-order valence-electron chi connectivity index (χ1n) is 5.59. The fourth-order valence-electron chi connectivity index (χ4n) is 1.38. The summed E-state index contributed by atoms with van der Waals surface area (Å²) in [6, 6.07) is 12.7. The molecule has 6 N–H and O–H groups in total. The molecule has 0 spiro atoms. The average Bonchev–Trinajstić information content (AvgIpc) is 2.40. The van der Waals surface area contributed by atoms with Crippen LogP contribution in [0.25, 0.3) is 0 Å². The predicted octanol–water partition coefficient (Wildman–Crippen LogP) is 1.93. The molecule has 0 unspecified atom stereocenters. The van der Waals surface area contributed by atoms with Gasteiger partial charge in [-0.3, -0.25) is 0 Å². The third-order valence-electron chi connectivity index (χ3n) is 2.38. The number of hydrogen-bond acceptors (Lipinski definition) is 4. The van der Waals surface area contributed by atoms with Crippen LogP contribution in [0.4, 0.5) is 11.4 Å². The van der Waals surface area contributed by atoms with Crippen LogP contribution in [0.1, 0.15) is 20.7 Å². The maximum Gasteiger partial charge on any atom is 0.337 e. The van der Waals surface area contributed by atoms with Crippen molar-refractivity contribution in [3.8, 4) is 0 Å². The average molecular weight is 274 g/mol. The van der Waals surface area contributed by atoms with E-state index in [1.165, 1.54) is 12.1 Å². The molecule has 6 heteroatoms. The van der Waals surface area contributed by atoms with Gasteiger partial charge in [-0.05, 0) is 24.3 Å². The van der Waals surface area contributed by atoms with Crippen LogP contribution in [0.2, 0.25) is 0 Å². The van der Waals surface area contributed by atoms with Gasteiger partial charge in [-0.25, -0.2) is 9.59 Å². The van der Waals surface area contributed by atoms with Crippen LogP contribution in [0.5, 0.6) is 0 Å². The van der Waals surface area contributed by atoms with Crippen molar-refractivity contribution in [2.75, 3.05) is 11.5 Å². The number of carbonyl (C=O) groups is 2. The van der Waals surface area contributed by atoms with Gasteiger partial charge in [0.15, 0.2) is 0 Å². The van der Waals surface area contributed by atoms with Gasteiger partial charge in [-0.1, -0.05) is 24.3 Å². The summed E-state index contributed by atoms with van der Waals surface area (Å²) in [5.74, 6) is -1.98. The lowest BCUT2D eigenvalue weighted by Crippen LogP contribution is -2.00. The summed E-state index contributed by atoms with van der Waals surface area (Å²) >= 11 is 0. The number of nitrogen functional groups attached to an aromatic ring is 2. The zero-order valence-corrected chi connectivity index (χ0v) is 10.5. The molecule has 2 rings (SSSR count). The number of para-hydroxylation sites is 2. The molecule has 6 nitrogen and oxygen atoms in total. The number of aromatic carboxylic acids is 2. The largest absolute Gasteiger partial charge is 0.478 e. The number of benzene rings is 2. The number of nitrogens with two attached hydrogens (primary N) is 2. The van der Waals surface area contributed by atoms with Gasteiger partial charge >= 0.3 is 11.9 Å². The van der Waals surface area contributed by atoms with Gasteiger partial charge in [0.2, 0.25) is 0 Å². The zero-order chi connectivity index (χ0) is 15.1. The Morgan fingerprint density at radius 3 is 1.20 bits per heavy atom. The van der Waals surface area contributed by atoms with E-state index >= 15 is 0 Å². The predicted molar refractivity (Wildman–Crippen MR) is 75.6 cm³/mol. The van der Waals surface area contributed by atoms with Gasteiger partial charge in [0.05, 0.1) is 11.1 Å². The van der Waals surface area contributed by atoms with Gasteiger partial charge in [-0.15, -0.1) is 0 Å². The van der Waals surface area contributed by atoms with Gasteiger partial charge in [0.25, 0.3) is 0 Å². The van der Waals surface area contributed by atoms with E-state index in [0.29, 0.717) is 11.4 Å². The van der Waals surface area contributed by atoms with E-state index in [2.05, 4.69) is 0 Å². The number of carboxylic acid groups (broad SMARTS) is 2. The molecular weight excluding hydrogens is 260 g/mol. The van der Waals surface area contributed by atoms with Crippen molar-refractivity contribution in [1.29, 1.82) is 0 Å². The highest BCUT2D eigenvalue weighted by atomic mass is 16.4. The minimum absolute atomic E-state index is 0.155. The first-order chi connectivity index (χ1) is 9.43. The molecule has 0 saturated carbocycles. The Morgan fingerprint density at radius 1 is 0.700 bits per heavy atom. The maximum absolute atomic E-state index is 10.3. The molecule has 104 valence electrons. The molecular formula is C14H14N2O4. The molecule has 0 aliphatic carbocycles. The summed E-state index contributed by atoms with van der Waals surface area (Å²) in [6.07, 6.45) is 0. The second-order valence-corrected chi connectivity index (χ2v) is 3.78. The SMILES string of the molecule is Nc1ccccc1C(=O)O.Nc1ccccc1C(=O)O. The molecule has 2 aromatic rings. The lowest BCUT2D eigenvalue weighted by Gasteiger charge is -1.96. The number of rotatable bonds is 2. The second-order valence-electron chi connectivity index (χ2n) is 3.78. The first-order valence-corrected chi connectivity index (χ1v) is 5.59. The quantitative estimate of drug-likeness (QED) is 0.620. The zero-order valence-electron chi connectivity index (χ0n) is 10.5. The molecule has 2 aromatic carbocycles. The molecule has 0 aliphatic rings. The molecule has 0 aromatic heterocycles. The van der Waals surface area contributed by atoms with Gasteiger partial charge in [-0.2, -0.15) is 0 Å². The Labute approximate surface area is 115 Å². The van der Waals surface area contributed by atoms with E-state index < -0.39 is 11.9 Å². The molecule has 0 aliphatic heterocycles. The van der Waals surface area contributed by atoms with Crippen molar-refractivity contribution >= 4 is 23.3 Å². The third kappa shape index (κ3) is 4.02. The van der Waals surface area contributed by atoms with Crippen LogP contribution in [0.3, 0.4) is 0 Å². The van der Waals surface area contributed by atoms with Crippen molar-refractivity contribution < 1.29 is 19.8 Å². The Kier molecular flexibility index (Phi) is 5.11. The Hall–Kier alpha value is -3.02. The summed E-state index contributed by atoms with van der Waals surface area (Å²) < 4.78 is 0.